The molecular weight excluding hydrogens is 308 g/mol. The maximum Gasteiger partial charge on any atom is 0.328 e. The lowest BCUT2D eigenvalue weighted by Crippen LogP contribution is -2.25. The van der Waals surface area contributed by atoms with Crippen LogP contribution in [0.5, 0.6) is 0 Å². The van der Waals surface area contributed by atoms with Crippen molar-refractivity contribution in [3.05, 3.63) is 28.3 Å². The summed E-state index contributed by atoms with van der Waals surface area (Å²) in [5.41, 5.74) is 1.51. The smallest absolute Gasteiger partial charge is 0.328 e. The molecule has 1 amide bonds. The molecule has 0 radical (unpaired) electrons. The predicted octanol–water partition coefficient (Wildman–Crippen LogP) is 2.14. The maximum atomic E-state index is 12.1. The number of aromatic nitrogens is 3. The van der Waals surface area contributed by atoms with Gasteiger partial charge in [0, 0.05) is 19.2 Å². The SMILES string of the molecule is CC.CNC(=O)CCC(C=O)n1c(=O)[nH]c2nc(C(C)C)ccc21. The minimum atomic E-state index is -0.690. The minimum Gasteiger partial charge on any atom is -0.359 e. The van der Waals surface area contributed by atoms with Gasteiger partial charge >= 0.3 is 5.69 Å². The standard InChI is InChI=1S/C15H20N4O3.C2H6/c1-9(2)11-5-6-12-14(17-11)18-15(22)19(12)10(8-20)4-7-13(21)16-3;1-2/h5-6,8-10H,4,7H2,1-3H3,(H,16,21)(H,17,18,22);1-2H3. The number of hydrogen-bond acceptors (Lipinski definition) is 4. The van der Waals surface area contributed by atoms with Crippen LogP contribution in [0.3, 0.4) is 0 Å². The quantitative estimate of drug-likeness (QED) is 0.791. The van der Waals surface area contributed by atoms with Gasteiger partial charge in [0.2, 0.25) is 5.91 Å². The second-order valence-corrected chi connectivity index (χ2v) is 5.47. The second kappa shape index (κ2) is 9.00. The molecule has 0 aliphatic heterocycles. The Morgan fingerprint density at radius 2 is 2.04 bits per heavy atom. The van der Waals surface area contributed by atoms with Crippen molar-refractivity contribution in [2.75, 3.05) is 7.05 Å². The van der Waals surface area contributed by atoms with Crippen LogP contribution in [0.2, 0.25) is 0 Å². The summed E-state index contributed by atoms with van der Waals surface area (Å²) < 4.78 is 1.36. The molecule has 1 atom stereocenters. The Balaban J connectivity index is 0.00000139. The number of H-pyrrole nitrogens is 1. The van der Waals surface area contributed by atoms with Gasteiger partial charge in [0.15, 0.2) is 5.65 Å². The summed E-state index contributed by atoms with van der Waals surface area (Å²) in [6.45, 7) is 8.03. The van der Waals surface area contributed by atoms with Crippen LogP contribution in [-0.2, 0) is 9.59 Å². The monoisotopic (exact) mass is 334 g/mol. The van der Waals surface area contributed by atoms with Crippen LogP contribution >= 0.6 is 0 Å². The number of fused-ring (bicyclic) bond motifs is 1. The molecule has 2 aromatic heterocycles. The molecule has 0 saturated heterocycles. The van der Waals surface area contributed by atoms with E-state index in [4.69, 9.17) is 0 Å². The van der Waals surface area contributed by atoms with Gasteiger partial charge in [-0.15, -0.1) is 0 Å². The number of hydrogen-bond donors (Lipinski definition) is 2. The fourth-order valence-corrected chi connectivity index (χ4v) is 2.34. The fourth-order valence-electron chi connectivity index (χ4n) is 2.34. The summed E-state index contributed by atoms with van der Waals surface area (Å²) in [6.07, 6.45) is 1.13. The van der Waals surface area contributed by atoms with Crippen LogP contribution in [0.25, 0.3) is 11.2 Å². The lowest BCUT2D eigenvalue weighted by Gasteiger charge is -2.12. The van der Waals surface area contributed by atoms with Gasteiger partial charge in [0.1, 0.15) is 6.29 Å². The van der Waals surface area contributed by atoms with E-state index in [0.29, 0.717) is 17.5 Å². The van der Waals surface area contributed by atoms with Crippen molar-refractivity contribution < 1.29 is 9.59 Å². The van der Waals surface area contributed by atoms with Crippen molar-refractivity contribution in [3.63, 3.8) is 0 Å². The number of nitrogens with one attached hydrogen (secondary N) is 2. The summed E-state index contributed by atoms with van der Waals surface area (Å²) >= 11 is 0. The molecule has 0 aliphatic carbocycles. The summed E-state index contributed by atoms with van der Waals surface area (Å²) in [7, 11) is 1.54. The van der Waals surface area contributed by atoms with Gasteiger partial charge in [-0.2, -0.15) is 0 Å². The van der Waals surface area contributed by atoms with Gasteiger partial charge in [0.05, 0.1) is 11.6 Å². The summed E-state index contributed by atoms with van der Waals surface area (Å²) in [5.74, 6) is 0.0753. The lowest BCUT2D eigenvalue weighted by atomic mass is 10.1. The predicted molar refractivity (Wildman–Crippen MR) is 94.2 cm³/mol. The number of aldehydes is 1. The third-order valence-corrected chi connectivity index (χ3v) is 3.63. The van der Waals surface area contributed by atoms with Gasteiger partial charge in [-0.3, -0.25) is 14.3 Å². The highest BCUT2D eigenvalue weighted by atomic mass is 16.2. The van der Waals surface area contributed by atoms with Crippen molar-refractivity contribution in [2.45, 2.75) is 52.5 Å². The van der Waals surface area contributed by atoms with Crippen LogP contribution in [-0.4, -0.2) is 33.8 Å². The van der Waals surface area contributed by atoms with Crippen LogP contribution in [0.15, 0.2) is 16.9 Å². The average molecular weight is 334 g/mol. The first-order valence-corrected chi connectivity index (χ1v) is 8.25. The number of imidazole rings is 1. The van der Waals surface area contributed by atoms with E-state index >= 15 is 0 Å². The van der Waals surface area contributed by atoms with Crippen molar-refractivity contribution in [3.8, 4) is 0 Å². The van der Waals surface area contributed by atoms with Crippen molar-refractivity contribution in [1.82, 2.24) is 19.9 Å². The summed E-state index contributed by atoms with van der Waals surface area (Å²) in [4.78, 5) is 41.9. The first kappa shape index (κ1) is 19.6. The van der Waals surface area contributed by atoms with Crippen LogP contribution < -0.4 is 11.0 Å². The molecule has 7 nitrogen and oxygen atoms in total. The molecular formula is C17H26N4O3. The van der Waals surface area contributed by atoms with Gasteiger partial charge < -0.3 is 10.1 Å². The Kier molecular flexibility index (Phi) is 7.35. The maximum absolute atomic E-state index is 12.1. The summed E-state index contributed by atoms with van der Waals surface area (Å²) in [6, 6.07) is 2.94. The third kappa shape index (κ3) is 4.31. The minimum absolute atomic E-state index is 0.167. The fraction of sp³-hybridized carbons (Fsp3) is 0.529. The molecule has 0 fully saturated rings. The molecule has 2 heterocycles. The highest BCUT2D eigenvalue weighted by Crippen LogP contribution is 2.19. The van der Waals surface area contributed by atoms with E-state index in [-0.39, 0.29) is 24.7 Å². The van der Waals surface area contributed by atoms with Gasteiger partial charge in [-0.1, -0.05) is 27.7 Å². The van der Waals surface area contributed by atoms with E-state index in [1.165, 1.54) is 11.6 Å². The first-order valence-electron chi connectivity index (χ1n) is 8.25. The Morgan fingerprint density at radius 1 is 1.38 bits per heavy atom. The number of nitrogens with zero attached hydrogens (tertiary/aromatic N) is 2. The Bertz CT molecular complexity index is 746. The molecule has 132 valence electrons. The normalized spacial score (nSPS) is 11.8. The van der Waals surface area contributed by atoms with E-state index < -0.39 is 11.7 Å². The molecule has 0 bridgehead atoms. The molecule has 0 saturated carbocycles. The Labute approximate surface area is 141 Å². The topological polar surface area (TPSA) is 96.9 Å². The molecule has 2 N–H and O–H groups in total. The van der Waals surface area contributed by atoms with E-state index in [1.54, 1.807) is 6.07 Å². The lowest BCUT2D eigenvalue weighted by molar-refractivity contribution is -0.121. The first-order chi connectivity index (χ1) is 11.5. The zero-order valence-electron chi connectivity index (χ0n) is 14.9. The third-order valence-electron chi connectivity index (χ3n) is 3.63. The average Bonchev–Trinajstić information content (AvgIpc) is 2.92. The molecule has 0 aliphatic rings. The second-order valence-electron chi connectivity index (χ2n) is 5.47. The van der Waals surface area contributed by atoms with Crippen molar-refractivity contribution in [2.24, 2.45) is 0 Å². The molecule has 1 unspecified atom stereocenters. The van der Waals surface area contributed by atoms with Crippen LogP contribution in [0.4, 0.5) is 0 Å². The highest BCUT2D eigenvalue weighted by molar-refractivity contribution is 5.77. The number of carbonyl (C=O) groups is 2. The van der Waals surface area contributed by atoms with Crippen molar-refractivity contribution in [1.29, 1.82) is 0 Å². The van der Waals surface area contributed by atoms with Gasteiger partial charge in [-0.05, 0) is 24.5 Å². The molecule has 0 aromatic carbocycles. The van der Waals surface area contributed by atoms with E-state index in [2.05, 4.69) is 15.3 Å². The number of rotatable bonds is 6. The molecule has 0 spiro atoms. The Hall–Kier alpha value is -2.44. The molecule has 2 aromatic rings. The van der Waals surface area contributed by atoms with Crippen LogP contribution in [0, 0.1) is 0 Å². The number of pyridine rings is 1. The summed E-state index contributed by atoms with van der Waals surface area (Å²) in [5, 5.41) is 2.50. The zero-order chi connectivity index (χ0) is 18.3. The number of aromatic amines is 1. The van der Waals surface area contributed by atoms with Crippen molar-refractivity contribution >= 4 is 23.4 Å². The largest absolute Gasteiger partial charge is 0.359 e. The van der Waals surface area contributed by atoms with E-state index in [1.807, 2.05) is 33.8 Å². The zero-order valence-corrected chi connectivity index (χ0v) is 14.9. The van der Waals surface area contributed by atoms with E-state index in [0.717, 1.165) is 5.69 Å². The van der Waals surface area contributed by atoms with Crippen LogP contribution in [0.1, 0.15) is 58.2 Å². The Morgan fingerprint density at radius 3 is 2.58 bits per heavy atom. The van der Waals surface area contributed by atoms with Gasteiger partial charge in [-0.25, -0.2) is 9.78 Å². The van der Waals surface area contributed by atoms with Gasteiger partial charge in [0.25, 0.3) is 0 Å². The number of carbonyl (C=O) groups excluding carboxylic acids is 2. The number of amides is 1. The molecule has 2 rings (SSSR count). The molecule has 24 heavy (non-hydrogen) atoms. The van der Waals surface area contributed by atoms with E-state index in [9.17, 15) is 14.4 Å². The molecule has 7 heteroatoms. The highest BCUT2D eigenvalue weighted by Gasteiger charge is 2.18.